The highest BCUT2D eigenvalue weighted by Crippen LogP contribution is 2.30. The first-order valence-corrected chi connectivity index (χ1v) is 7.05. The molecule has 2 rings (SSSR count). The van der Waals surface area contributed by atoms with Gasteiger partial charge >= 0.3 is 0 Å². The molecular formula is C14H25FN4. The number of alkyl halides is 1. The van der Waals surface area contributed by atoms with Gasteiger partial charge in [0.2, 0.25) is 0 Å². The topological polar surface area (TPSA) is 47.1 Å². The Morgan fingerprint density at radius 1 is 1.37 bits per heavy atom. The van der Waals surface area contributed by atoms with Gasteiger partial charge in [-0.05, 0) is 12.8 Å². The zero-order valence-electron chi connectivity index (χ0n) is 12.2. The molecule has 0 unspecified atom stereocenters. The molecule has 0 aromatic carbocycles. The monoisotopic (exact) mass is 268 g/mol. The molecule has 0 atom stereocenters. The van der Waals surface area contributed by atoms with Crippen molar-refractivity contribution in [2.24, 2.45) is 0 Å². The Hall–Kier alpha value is -1.10. The fourth-order valence-electron chi connectivity index (χ4n) is 2.76. The largest absolute Gasteiger partial charge is 0.382 e. The summed E-state index contributed by atoms with van der Waals surface area (Å²) < 4.78 is 14.4. The Morgan fingerprint density at radius 2 is 2.00 bits per heavy atom. The van der Waals surface area contributed by atoms with Crippen LogP contribution in [0.3, 0.4) is 0 Å². The minimum absolute atomic E-state index is 0.0424. The number of hydrogen-bond donors (Lipinski definition) is 1. The average molecular weight is 268 g/mol. The lowest BCUT2D eigenvalue weighted by atomic mass is 9.91. The van der Waals surface area contributed by atoms with Crippen LogP contribution >= 0.6 is 0 Å². The molecule has 0 bridgehead atoms. The number of piperidine rings is 1. The van der Waals surface area contributed by atoms with Gasteiger partial charge in [0.1, 0.15) is 12.5 Å². The molecule has 1 aliphatic heterocycles. The second kappa shape index (κ2) is 5.49. The lowest BCUT2D eigenvalue weighted by Crippen LogP contribution is -2.37. The van der Waals surface area contributed by atoms with Crippen LogP contribution in [0.1, 0.15) is 45.3 Å². The maximum Gasteiger partial charge on any atom is 0.145 e. The number of hydrogen-bond acceptors (Lipinski definition) is 3. The van der Waals surface area contributed by atoms with Gasteiger partial charge in [-0.25, -0.2) is 4.39 Å². The number of aromatic nitrogens is 2. The lowest BCUT2D eigenvalue weighted by Gasteiger charge is -2.33. The quantitative estimate of drug-likeness (QED) is 0.915. The minimum atomic E-state index is -0.257. The maximum absolute atomic E-state index is 12.3. The number of rotatable bonds is 3. The molecule has 1 fully saturated rings. The van der Waals surface area contributed by atoms with Crippen molar-refractivity contribution in [1.29, 1.82) is 0 Å². The highest BCUT2D eigenvalue weighted by Gasteiger charge is 2.27. The molecule has 1 saturated heterocycles. The van der Waals surface area contributed by atoms with Gasteiger partial charge in [0, 0.05) is 36.8 Å². The summed E-state index contributed by atoms with van der Waals surface area (Å²) >= 11 is 0. The number of anilines is 1. The van der Waals surface area contributed by atoms with Crippen molar-refractivity contribution >= 4 is 5.82 Å². The molecule has 2 N–H and O–H groups in total. The Morgan fingerprint density at radius 3 is 2.53 bits per heavy atom. The summed E-state index contributed by atoms with van der Waals surface area (Å²) in [6.07, 6.45) is 2.04. The van der Waals surface area contributed by atoms with Gasteiger partial charge in [0.15, 0.2) is 0 Å². The van der Waals surface area contributed by atoms with Crippen LogP contribution in [0.25, 0.3) is 0 Å². The second-order valence-electron chi connectivity index (χ2n) is 6.41. The van der Waals surface area contributed by atoms with E-state index in [1.165, 1.54) is 5.69 Å². The Labute approximate surface area is 114 Å². The van der Waals surface area contributed by atoms with Crippen molar-refractivity contribution in [1.82, 2.24) is 14.7 Å². The van der Waals surface area contributed by atoms with Crippen LogP contribution in [0.15, 0.2) is 6.07 Å². The third-order valence-electron chi connectivity index (χ3n) is 3.83. The Bertz CT molecular complexity index is 414. The van der Waals surface area contributed by atoms with Gasteiger partial charge in [0.25, 0.3) is 0 Å². The van der Waals surface area contributed by atoms with Crippen LogP contribution in [0.4, 0.5) is 10.2 Å². The third kappa shape index (κ3) is 3.26. The van der Waals surface area contributed by atoms with Crippen LogP contribution in [-0.2, 0) is 5.41 Å². The summed E-state index contributed by atoms with van der Waals surface area (Å²) in [6, 6.07) is 2.37. The van der Waals surface area contributed by atoms with Gasteiger partial charge in [-0.15, -0.1) is 0 Å². The van der Waals surface area contributed by atoms with Crippen molar-refractivity contribution < 1.29 is 4.39 Å². The maximum atomic E-state index is 12.3. The summed E-state index contributed by atoms with van der Waals surface area (Å²) in [5.41, 5.74) is 7.10. The zero-order valence-corrected chi connectivity index (χ0v) is 12.2. The van der Waals surface area contributed by atoms with E-state index in [4.69, 9.17) is 5.73 Å². The first kappa shape index (κ1) is 14.3. The van der Waals surface area contributed by atoms with Crippen molar-refractivity contribution in [3.63, 3.8) is 0 Å². The number of nitrogens with zero attached hydrogens (tertiary/aromatic N) is 3. The highest BCUT2D eigenvalue weighted by molar-refractivity contribution is 5.33. The van der Waals surface area contributed by atoms with Gasteiger partial charge in [-0.1, -0.05) is 20.8 Å². The molecule has 108 valence electrons. The summed E-state index contributed by atoms with van der Waals surface area (Å²) in [6.45, 7) is 8.72. The van der Waals surface area contributed by atoms with Crippen LogP contribution in [0.5, 0.6) is 0 Å². The van der Waals surface area contributed by atoms with Crippen LogP contribution in [-0.4, -0.2) is 41.0 Å². The van der Waals surface area contributed by atoms with E-state index in [1.54, 1.807) is 0 Å². The summed E-state index contributed by atoms with van der Waals surface area (Å²) in [7, 11) is 0. The second-order valence-corrected chi connectivity index (χ2v) is 6.41. The van der Waals surface area contributed by atoms with E-state index in [1.807, 2.05) is 6.07 Å². The molecule has 0 aliphatic carbocycles. The van der Waals surface area contributed by atoms with E-state index >= 15 is 0 Å². The summed E-state index contributed by atoms with van der Waals surface area (Å²) in [5.74, 6) is 0.594. The average Bonchev–Trinajstić information content (AvgIpc) is 2.73. The minimum Gasteiger partial charge on any atom is -0.382 e. The molecule has 5 heteroatoms. The molecular weight excluding hydrogens is 243 g/mol. The van der Waals surface area contributed by atoms with E-state index in [2.05, 4.69) is 35.5 Å². The van der Waals surface area contributed by atoms with E-state index in [0.29, 0.717) is 18.4 Å². The van der Waals surface area contributed by atoms with Crippen molar-refractivity contribution in [3.8, 4) is 0 Å². The number of likely N-dealkylation sites (tertiary alicyclic amines) is 1. The van der Waals surface area contributed by atoms with Crippen molar-refractivity contribution in [3.05, 3.63) is 11.8 Å². The van der Waals surface area contributed by atoms with E-state index in [-0.39, 0.29) is 12.1 Å². The number of halogens is 1. The molecule has 1 aliphatic rings. The fraction of sp³-hybridized carbons (Fsp3) is 0.786. The molecule has 4 nitrogen and oxygen atoms in total. The molecule has 0 radical (unpaired) electrons. The smallest absolute Gasteiger partial charge is 0.145 e. The predicted molar refractivity (Wildman–Crippen MR) is 76.0 cm³/mol. The first-order valence-electron chi connectivity index (χ1n) is 7.05. The fourth-order valence-corrected chi connectivity index (χ4v) is 2.76. The molecule has 0 amide bonds. The normalized spacial score (nSPS) is 18.9. The van der Waals surface area contributed by atoms with Gasteiger partial charge in [-0.3, -0.25) is 4.68 Å². The van der Waals surface area contributed by atoms with Gasteiger partial charge in [-0.2, -0.15) is 5.10 Å². The van der Waals surface area contributed by atoms with Crippen LogP contribution in [0, 0.1) is 0 Å². The van der Waals surface area contributed by atoms with Gasteiger partial charge < -0.3 is 10.6 Å². The van der Waals surface area contributed by atoms with Crippen molar-refractivity contribution in [2.45, 2.75) is 45.1 Å². The third-order valence-corrected chi connectivity index (χ3v) is 3.83. The van der Waals surface area contributed by atoms with Crippen LogP contribution < -0.4 is 5.73 Å². The predicted octanol–water partition coefficient (Wildman–Crippen LogP) is 2.37. The summed E-state index contributed by atoms with van der Waals surface area (Å²) in [4.78, 5) is 2.18. The highest BCUT2D eigenvalue weighted by atomic mass is 19.1. The van der Waals surface area contributed by atoms with E-state index in [0.717, 1.165) is 25.9 Å². The molecule has 2 heterocycles. The number of nitrogens with two attached hydrogens (primary N) is 1. The van der Waals surface area contributed by atoms with Crippen LogP contribution in [0.2, 0.25) is 0 Å². The standard InChI is InChI=1S/C14H25FN4/c1-14(2,3)12-10-13(16)17-19(12)11-4-7-18(8-5-11)9-6-15/h10-11H,4-9H2,1-3H3,(H2,16,17). The molecule has 0 spiro atoms. The molecule has 19 heavy (non-hydrogen) atoms. The summed E-state index contributed by atoms with van der Waals surface area (Å²) in [5, 5.41) is 4.47. The number of nitrogen functional groups attached to an aromatic ring is 1. The zero-order chi connectivity index (χ0) is 14.0. The SMILES string of the molecule is CC(C)(C)c1cc(N)nn1C1CCN(CCF)CC1. The Balaban J connectivity index is 2.11. The van der Waals surface area contributed by atoms with Gasteiger partial charge in [0.05, 0.1) is 6.04 Å². The molecule has 0 saturated carbocycles. The molecule has 1 aromatic heterocycles. The molecule has 1 aromatic rings. The Kier molecular flexibility index (Phi) is 4.13. The van der Waals surface area contributed by atoms with E-state index in [9.17, 15) is 4.39 Å². The first-order chi connectivity index (χ1) is 8.91. The lowest BCUT2D eigenvalue weighted by molar-refractivity contribution is 0.166. The van der Waals surface area contributed by atoms with E-state index < -0.39 is 0 Å². The van der Waals surface area contributed by atoms with Crippen molar-refractivity contribution in [2.75, 3.05) is 32.0 Å².